The standard InChI is InChI=1S/C10H11N3O3S/c1-12(4-5-14)10-11-8-3-2-7(13(15)16)6-9(8)17-10/h2-3,6,14H,4-5H2,1H3. The number of nitro groups is 1. The van der Waals surface area contributed by atoms with Crippen LogP contribution in [0.25, 0.3) is 10.2 Å². The molecule has 6 nitrogen and oxygen atoms in total. The Morgan fingerprint density at radius 3 is 3.00 bits per heavy atom. The fourth-order valence-corrected chi connectivity index (χ4v) is 2.41. The maximum absolute atomic E-state index is 10.6. The van der Waals surface area contributed by atoms with Gasteiger partial charge in [-0.3, -0.25) is 10.1 Å². The first-order valence-electron chi connectivity index (χ1n) is 4.99. The van der Waals surface area contributed by atoms with Crippen molar-refractivity contribution in [2.24, 2.45) is 0 Å². The summed E-state index contributed by atoms with van der Waals surface area (Å²) >= 11 is 1.38. The summed E-state index contributed by atoms with van der Waals surface area (Å²) in [5.41, 5.74) is 0.804. The highest BCUT2D eigenvalue weighted by atomic mass is 32.1. The molecule has 0 amide bonds. The average molecular weight is 253 g/mol. The lowest BCUT2D eigenvalue weighted by Gasteiger charge is -2.12. The first-order valence-corrected chi connectivity index (χ1v) is 5.80. The smallest absolute Gasteiger partial charge is 0.270 e. The molecule has 0 aliphatic carbocycles. The van der Waals surface area contributed by atoms with E-state index < -0.39 is 4.92 Å². The highest BCUT2D eigenvalue weighted by Crippen LogP contribution is 2.30. The SMILES string of the molecule is CN(CCO)c1nc2ccc([N+](=O)[O-])cc2s1. The van der Waals surface area contributed by atoms with Crippen molar-refractivity contribution in [2.75, 3.05) is 25.1 Å². The predicted octanol–water partition coefficient (Wildman–Crippen LogP) is 1.63. The van der Waals surface area contributed by atoms with Crippen molar-refractivity contribution < 1.29 is 10.0 Å². The number of aliphatic hydroxyl groups excluding tert-OH is 1. The maximum Gasteiger partial charge on any atom is 0.270 e. The van der Waals surface area contributed by atoms with Crippen LogP contribution >= 0.6 is 11.3 Å². The monoisotopic (exact) mass is 253 g/mol. The highest BCUT2D eigenvalue weighted by molar-refractivity contribution is 7.22. The molecule has 0 saturated heterocycles. The van der Waals surface area contributed by atoms with Crippen molar-refractivity contribution in [1.29, 1.82) is 0 Å². The topological polar surface area (TPSA) is 79.5 Å². The van der Waals surface area contributed by atoms with Gasteiger partial charge in [0.25, 0.3) is 5.69 Å². The van der Waals surface area contributed by atoms with Gasteiger partial charge in [0.2, 0.25) is 0 Å². The first kappa shape index (κ1) is 11.7. The molecular formula is C10H11N3O3S. The number of aromatic nitrogens is 1. The summed E-state index contributed by atoms with van der Waals surface area (Å²) in [7, 11) is 1.82. The van der Waals surface area contributed by atoms with Crippen molar-refractivity contribution in [3.05, 3.63) is 28.3 Å². The molecule has 0 atom stereocenters. The Hall–Kier alpha value is -1.73. The Bertz CT molecular complexity index is 555. The summed E-state index contributed by atoms with van der Waals surface area (Å²) < 4.78 is 0.777. The summed E-state index contributed by atoms with van der Waals surface area (Å²) in [5, 5.41) is 20.2. The summed E-state index contributed by atoms with van der Waals surface area (Å²) in [5.74, 6) is 0. The van der Waals surface area contributed by atoms with Crippen molar-refractivity contribution in [3.63, 3.8) is 0 Å². The third kappa shape index (κ3) is 2.34. The number of fused-ring (bicyclic) bond motifs is 1. The second kappa shape index (κ2) is 4.64. The van der Waals surface area contributed by atoms with Gasteiger partial charge in [-0.05, 0) is 6.07 Å². The normalized spacial score (nSPS) is 10.7. The molecule has 0 aliphatic rings. The van der Waals surface area contributed by atoms with E-state index in [9.17, 15) is 10.1 Å². The first-order chi connectivity index (χ1) is 8.11. The molecule has 2 aromatic rings. The van der Waals surface area contributed by atoms with Crippen molar-refractivity contribution in [1.82, 2.24) is 4.98 Å². The van der Waals surface area contributed by atoms with Gasteiger partial charge in [-0.2, -0.15) is 0 Å². The molecule has 0 bridgehead atoms. The fraction of sp³-hybridized carbons (Fsp3) is 0.300. The number of hydrogen-bond acceptors (Lipinski definition) is 6. The fourth-order valence-electron chi connectivity index (χ4n) is 1.42. The van der Waals surface area contributed by atoms with Crippen LogP contribution in [0.1, 0.15) is 0 Å². The molecule has 2 rings (SSSR count). The van der Waals surface area contributed by atoms with Crippen LogP contribution in [-0.2, 0) is 0 Å². The lowest BCUT2D eigenvalue weighted by molar-refractivity contribution is -0.384. The summed E-state index contributed by atoms with van der Waals surface area (Å²) in [6.07, 6.45) is 0. The van der Waals surface area contributed by atoms with Crippen LogP contribution in [0.3, 0.4) is 0 Å². The molecule has 1 aromatic heterocycles. The van der Waals surface area contributed by atoms with E-state index in [1.54, 1.807) is 6.07 Å². The van der Waals surface area contributed by atoms with Crippen molar-refractivity contribution in [3.8, 4) is 0 Å². The van der Waals surface area contributed by atoms with Crippen molar-refractivity contribution >= 4 is 32.4 Å². The summed E-state index contributed by atoms with van der Waals surface area (Å²) in [4.78, 5) is 16.4. The number of hydrogen-bond donors (Lipinski definition) is 1. The minimum absolute atomic E-state index is 0.0482. The van der Waals surface area contributed by atoms with Crippen LogP contribution in [-0.4, -0.2) is 35.2 Å². The van der Waals surface area contributed by atoms with Gasteiger partial charge in [0.05, 0.1) is 21.7 Å². The minimum Gasteiger partial charge on any atom is -0.395 e. The largest absolute Gasteiger partial charge is 0.395 e. The Morgan fingerprint density at radius 2 is 2.35 bits per heavy atom. The van der Waals surface area contributed by atoms with Gasteiger partial charge < -0.3 is 10.0 Å². The molecule has 0 saturated carbocycles. The van der Waals surface area contributed by atoms with E-state index >= 15 is 0 Å². The number of non-ortho nitro benzene ring substituents is 1. The lowest BCUT2D eigenvalue weighted by Crippen LogP contribution is -2.20. The van der Waals surface area contributed by atoms with Gasteiger partial charge in [0, 0.05) is 25.7 Å². The van der Waals surface area contributed by atoms with Gasteiger partial charge in [-0.1, -0.05) is 11.3 Å². The molecule has 17 heavy (non-hydrogen) atoms. The molecular weight excluding hydrogens is 242 g/mol. The average Bonchev–Trinajstić information content (AvgIpc) is 2.71. The molecule has 0 unspecified atom stereocenters. The Labute approximate surface area is 101 Å². The number of aliphatic hydroxyl groups is 1. The van der Waals surface area contributed by atoms with Crippen LogP contribution in [0.5, 0.6) is 0 Å². The second-order valence-corrected chi connectivity index (χ2v) is 4.56. The Kier molecular flexibility index (Phi) is 3.21. The maximum atomic E-state index is 10.6. The molecule has 7 heteroatoms. The third-order valence-electron chi connectivity index (χ3n) is 2.33. The van der Waals surface area contributed by atoms with Gasteiger partial charge in [0.1, 0.15) is 0 Å². The highest BCUT2D eigenvalue weighted by Gasteiger charge is 2.12. The number of nitrogens with zero attached hydrogens (tertiary/aromatic N) is 3. The van der Waals surface area contributed by atoms with E-state index in [0.29, 0.717) is 6.54 Å². The summed E-state index contributed by atoms with van der Waals surface area (Å²) in [6.45, 7) is 0.536. The molecule has 90 valence electrons. The number of likely N-dealkylation sites (N-methyl/N-ethyl adjacent to an activating group) is 1. The molecule has 0 radical (unpaired) electrons. The van der Waals surface area contributed by atoms with E-state index in [0.717, 1.165) is 15.3 Å². The zero-order chi connectivity index (χ0) is 12.4. The van der Waals surface area contributed by atoms with Crippen LogP contribution in [0.15, 0.2) is 18.2 Å². The predicted molar refractivity (Wildman–Crippen MR) is 66.6 cm³/mol. The number of anilines is 1. The lowest BCUT2D eigenvalue weighted by atomic mass is 10.3. The second-order valence-electron chi connectivity index (χ2n) is 3.55. The van der Waals surface area contributed by atoms with Crippen LogP contribution < -0.4 is 4.90 Å². The Morgan fingerprint density at radius 1 is 1.59 bits per heavy atom. The van der Waals surface area contributed by atoms with E-state index in [-0.39, 0.29) is 12.3 Å². The molecule has 0 spiro atoms. The molecule has 1 aromatic carbocycles. The van der Waals surface area contributed by atoms with E-state index in [1.165, 1.54) is 23.5 Å². The van der Waals surface area contributed by atoms with E-state index in [2.05, 4.69) is 4.98 Å². The van der Waals surface area contributed by atoms with E-state index in [1.807, 2.05) is 11.9 Å². The van der Waals surface area contributed by atoms with Gasteiger partial charge in [-0.25, -0.2) is 4.98 Å². The zero-order valence-corrected chi connectivity index (χ0v) is 9.98. The number of benzene rings is 1. The Balaban J connectivity index is 2.40. The van der Waals surface area contributed by atoms with Gasteiger partial charge in [-0.15, -0.1) is 0 Å². The van der Waals surface area contributed by atoms with Crippen LogP contribution in [0.4, 0.5) is 10.8 Å². The summed E-state index contributed by atoms with van der Waals surface area (Å²) in [6, 6.07) is 4.60. The van der Waals surface area contributed by atoms with Crippen molar-refractivity contribution in [2.45, 2.75) is 0 Å². The number of rotatable bonds is 4. The molecule has 1 N–H and O–H groups in total. The molecule has 0 fully saturated rings. The molecule has 0 aliphatic heterocycles. The molecule has 1 heterocycles. The zero-order valence-electron chi connectivity index (χ0n) is 9.16. The van der Waals surface area contributed by atoms with Crippen LogP contribution in [0, 0.1) is 10.1 Å². The third-order valence-corrected chi connectivity index (χ3v) is 3.47. The minimum atomic E-state index is -0.420. The van der Waals surface area contributed by atoms with E-state index in [4.69, 9.17) is 5.11 Å². The van der Waals surface area contributed by atoms with Crippen LogP contribution in [0.2, 0.25) is 0 Å². The van der Waals surface area contributed by atoms with Gasteiger partial charge >= 0.3 is 0 Å². The number of thiazole rings is 1. The number of nitro benzene ring substituents is 1. The van der Waals surface area contributed by atoms with Gasteiger partial charge in [0.15, 0.2) is 5.13 Å². The quantitative estimate of drug-likeness (QED) is 0.661.